The van der Waals surface area contributed by atoms with Gasteiger partial charge in [0, 0.05) is 0 Å². The summed E-state index contributed by atoms with van der Waals surface area (Å²) >= 11 is 0. The molecule has 0 aliphatic carbocycles. The second kappa shape index (κ2) is 8.72. The van der Waals surface area contributed by atoms with Crippen LogP contribution in [0.15, 0.2) is 73.3 Å². The smallest absolute Gasteiger partial charge is 0.151 e. The van der Waals surface area contributed by atoms with Crippen molar-refractivity contribution in [1.82, 2.24) is 0 Å². The number of ether oxygens (including phenoxy) is 3. The Labute approximate surface area is 148 Å². The first kappa shape index (κ1) is 17.5. The van der Waals surface area contributed by atoms with Crippen LogP contribution >= 0.6 is 0 Å². The largest absolute Gasteiger partial charge is 0.368 e. The van der Waals surface area contributed by atoms with Gasteiger partial charge in [0.2, 0.25) is 0 Å². The van der Waals surface area contributed by atoms with Gasteiger partial charge in [-0.2, -0.15) is 0 Å². The SMILES string of the molecule is C=C[C@H]1O[C@@H](C=O)[C@H](OCc2ccccc2)[C@H]1OCc1ccccc1. The monoisotopic (exact) mass is 338 g/mol. The summed E-state index contributed by atoms with van der Waals surface area (Å²) in [5.74, 6) is 0. The lowest BCUT2D eigenvalue weighted by Gasteiger charge is -2.23. The second-order valence-corrected chi connectivity index (χ2v) is 5.96. The van der Waals surface area contributed by atoms with Gasteiger partial charge in [-0.25, -0.2) is 0 Å². The lowest BCUT2D eigenvalue weighted by Crippen LogP contribution is -2.37. The number of hydrogen-bond acceptors (Lipinski definition) is 4. The van der Waals surface area contributed by atoms with E-state index in [1.54, 1.807) is 6.08 Å². The van der Waals surface area contributed by atoms with Crippen molar-refractivity contribution in [2.24, 2.45) is 0 Å². The molecule has 0 amide bonds. The van der Waals surface area contributed by atoms with Gasteiger partial charge in [0.25, 0.3) is 0 Å². The van der Waals surface area contributed by atoms with Crippen LogP contribution in [0.3, 0.4) is 0 Å². The highest BCUT2D eigenvalue weighted by atomic mass is 16.6. The van der Waals surface area contributed by atoms with E-state index in [4.69, 9.17) is 14.2 Å². The molecule has 0 saturated carbocycles. The van der Waals surface area contributed by atoms with Gasteiger partial charge in [-0.1, -0.05) is 66.7 Å². The fourth-order valence-electron chi connectivity index (χ4n) is 2.92. The van der Waals surface area contributed by atoms with Crippen LogP contribution in [0.1, 0.15) is 11.1 Å². The van der Waals surface area contributed by atoms with Crippen molar-refractivity contribution in [2.45, 2.75) is 37.6 Å². The maximum absolute atomic E-state index is 11.4. The second-order valence-electron chi connectivity index (χ2n) is 5.96. The average Bonchev–Trinajstić information content (AvgIpc) is 3.03. The van der Waals surface area contributed by atoms with E-state index < -0.39 is 12.2 Å². The Balaban J connectivity index is 1.68. The quantitative estimate of drug-likeness (QED) is 0.547. The van der Waals surface area contributed by atoms with Crippen molar-refractivity contribution in [1.29, 1.82) is 0 Å². The highest BCUT2D eigenvalue weighted by Gasteiger charge is 2.45. The summed E-state index contributed by atoms with van der Waals surface area (Å²) in [5, 5.41) is 0. The Morgan fingerprint density at radius 1 is 0.840 bits per heavy atom. The standard InChI is InChI=1S/C21H22O4/c1-2-18-20(23-14-16-9-5-3-6-10-16)21(19(13-22)25-18)24-15-17-11-7-4-8-12-17/h2-13,18-21H,1,14-15H2/t18-,19+,20+,21+/m1/s1. The van der Waals surface area contributed by atoms with Crippen molar-refractivity contribution in [3.8, 4) is 0 Å². The molecule has 4 heteroatoms. The van der Waals surface area contributed by atoms with E-state index in [1.165, 1.54) is 0 Å². The molecule has 1 saturated heterocycles. The van der Waals surface area contributed by atoms with Gasteiger partial charge in [0.05, 0.1) is 13.2 Å². The Hall–Kier alpha value is -2.27. The van der Waals surface area contributed by atoms with Gasteiger partial charge < -0.3 is 19.0 Å². The topological polar surface area (TPSA) is 44.8 Å². The van der Waals surface area contributed by atoms with Gasteiger partial charge >= 0.3 is 0 Å². The molecule has 1 aliphatic heterocycles. The zero-order valence-corrected chi connectivity index (χ0v) is 14.0. The number of hydrogen-bond donors (Lipinski definition) is 0. The molecule has 0 unspecified atom stereocenters. The molecule has 0 aromatic heterocycles. The normalized spacial score (nSPS) is 25.6. The predicted octanol–water partition coefficient (Wildman–Crippen LogP) is 3.31. The van der Waals surface area contributed by atoms with E-state index in [-0.39, 0.29) is 12.2 Å². The van der Waals surface area contributed by atoms with E-state index in [9.17, 15) is 4.79 Å². The lowest BCUT2D eigenvalue weighted by atomic mass is 10.1. The molecule has 130 valence electrons. The van der Waals surface area contributed by atoms with Gasteiger partial charge in [-0.3, -0.25) is 0 Å². The molecular formula is C21H22O4. The Morgan fingerprint density at radius 3 is 1.76 bits per heavy atom. The van der Waals surface area contributed by atoms with Gasteiger partial charge in [-0.05, 0) is 11.1 Å². The first-order valence-electron chi connectivity index (χ1n) is 8.36. The third-order valence-electron chi connectivity index (χ3n) is 4.22. The van der Waals surface area contributed by atoms with Crippen LogP contribution in [0.25, 0.3) is 0 Å². The number of carbonyl (C=O) groups is 1. The van der Waals surface area contributed by atoms with Crippen LogP contribution in [-0.4, -0.2) is 30.7 Å². The first-order chi connectivity index (χ1) is 12.3. The lowest BCUT2D eigenvalue weighted by molar-refractivity contribution is -0.124. The summed E-state index contributed by atoms with van der Waals surface area (Å²) in [5.41, 5.74) is 2.10. The van der Waals surface area contributed by atoms with Gasteiger partial charge in [0.1, 0.15) is 24.4 Å². The summed E-state index contributed by atoms with van der Waals surface area (Å²) in [7, 11) is 0. The number of carbonyl (C=O) groups excluding carboxylic acids is 1. The summed E-state index contributed by atoms with van der Waals surface area (Å²) in [6.07, 6.45) is 0.559. The molecule has 1 heterocycles. The van der Waals surface area contributed by atoms with E-state index in [2.05, 4.69) is 6.58 Å². The van der Waals surface area contributed by atoms with Crippen molar-refractivity contribution >= 4 is 6.29 Å². The van der Waals surface area contributed by atoms with Crippen molar-refractivity contribution in [3.05, 3.63) is 84.4 Å². The van der Waals surface area contributed by atoms with Crippen molar-refractivity contribution in [3.63, 3.8) is 0 Å². The highest BCUT2D eigenvalue weighted by Crippen LogP contribution is 2.28. The molecule has 2 aromatic carbocycles. The molecule has 4 atom stereocenters. The maximum Gasteiger partial charge on any atom is 0.151 e. The van der Waals surface area contributed by atoms with Gasteiger partial charge in [-0.15, -0.1) is 6.58 Å². The van der Waals surface area contributed by atoms with Crippen LogP contribution in [0.4, 0.5) is 0 Å². The van der Waals surface area contributed by atoms with Crippen LogP contribution in [-0.2, 0) is 32.2 Å². The fraction of sp³-hybridized carbons (Fsp3) is 0.286. The molecule has 3 rings (SSSR count). The third kappa shape index (κ3) is 4.42. The van der Waals surface area contributed by atoms with Crippen LogP contribution < -0.4 is 0 Å². The average molecular weight is 338 g/mol. The number of aldehydes is 1. The molecule has 1 fully saturated rings. The number of rotatable bonds is 8. The molecule has 0 spiro atoms. The molecule has 0 bridgehead atoms. The van der Waals surface area contributed by atoms with Crippen LogP contribution in [0, 0.1) is 0 Å². The minimum absolute atomic E-state index is 0.375. The summed E-state index contributed by atoms with van der Waals surface area (Å²) in [6, 6.07) is 19.7. The van der Waals surface area contributed by atoms with E-state index >= 15 is 0 Å². The molecule has 25 heavy (non-hydrogen) atoms. The zero-order valence-electron chi connectivity index (χ0n) is 14.0. The predicted molar refractivity (Wildman–Crippen MR) is 95.0 cm³/mol. The molecular weight excluding hydrogens is 316 g/mol. The molecule has 1 aliphatic rings. The van der Waals surface area contributed by atoms with Gasteiger partial charge in [0.15, 0.2) is 6.29 Å². The Kier molecular flexibility index (Phi) is 6.12. The fourth-order valence-corrected chi connectivity index (χ4v) is 2.92. The maximum atomic E-state index is 11.4. The summed E-state index contributed by atoms with van der Waals surface area (Å²) in [4.78, 5) is 11.4. The van der Waals surface area contributed by atoms with E-state index in [0.29, 0.717) is 13.2 Å². The third-order valence-corrected chi connectivity index (χ3v) is 4.22. The first-order valence-corrected chi connectivity index (χ1v) is 8.36. The van der Waals surface area contributed by atoms with Crippen LogP contribution in [0.5, 0.6) is 0 Å². The minimum atomic E-state index is -0.660. The molecule has 0 radical (unpaired) electrons. The minimum Gasteiger partial charge on any atom is -0.368 e. The summed E-state index contributed by atoms with van der Waals surface area (Å²) < 4.78 is 17.8. The molecule has 2 aromatic rings. The Bertz CT molecular complexity index is 611. The number of benzene rings is 2. The van der Waals surface area contributed by atoms with E-state index in [1.807, 2.05) is 60.7 Å². The van der Waals surface area contributed by atoms with Crippen molar-refractivity contribution in [2.75, 3.05) is 0 Å². The Morgan fingerprint density at radius 2 is 1.32 bits per heavy atom. The molecule has 4 nitrogen and oxygen atoms in total. The van der Waals surface area contributed by atoms with Crippen molar-refractivity contribution < 1.29 is 19.0 Å². The zero-order chi connectivity index (χ0) is 17.5. The molecule has 0 N–H and O–H groups in total. The summed E-state index contributed by atoms with van der Waals surface area (Å²) in [6.45, 7) is 4.62. The van der Waals surface area contributed by atoms with E-state index in [0.717, 1.165) is 17.4 Å². The highest BCUT2D eigenvalue weighted by molar-refractivity contribution is 5.58. The van der Waals surface area contributed by atoms with Crippen LogP contribution in [0.2, 0.25) is 0 Å².